The number of hydrogen-bond acceptors (Lipinski definition) is 5. The lowest BCUT2D eigenvalue weighted by atomic mass is 9.87. The van der Waals surface area contributed by atoms with E-state index < -0.39 is 0 Å². The molecule has 6 heteroatoms. The van der Waals surface area contributed by atoms with Crippen molar-refractivity contribution in [3.63, 3.8) is 0 Å². The lowest BCUT2D eigenvalue weighted by Crippen LogP contribution is -2.26. The van der Waals surface area contributed by atoms with Crippen molar-refractivity contribution in [2.75, 3.05) is 34.5 Å². The third-order valence-electron chi connectivity index (χ3n) is 4.78. The van der Waals surface area contributed by atoms with Gasteiger partial charge in [-0.1, -0.05) is 19.4 Å². The Hall–Kier alpha value is -2.37. The predicted octanol–water partition coefficient (Wildman–Crippen LogP) is 4.01. The maximum Gasteiger partial charge on any atom is 0.407 e. The van der Waals surface area contributed by atoms with E-state index in [0.717, 1.165) is 61.3 Å². The first-order valence-corrected chi connectivity index (χ1v) is 9.52. The van der Waals surface area contributed by atoms with Crippen LogP contribution in [0.4, 0.5) is 4.79 Å². The number of unbranched alkanes of at least 4 members (excludes halogenated alkanes) is 1. The number of allylic oxidation sites excluding steroid dienone is 2. The molecule has 0 saturated heterocycles. The van der Waals surface area contributed by atoms with Crippen LogP contribution in [0.1, 0.15) is 43.7 Å². The van der Waals surface area contributed by atoms with Crippen molar-refractivity contribution in [2.24, 2.45) is 0 Å². The molecule has 27 heavy (non-hydrogen) atoms. The third kappa shape index (κ3) is 5.55. The number of nitrogens with one attached hydrogen (secondary N) is 1. The Morgan fingerprint density at radius 2 is 1.89 bits per heavy atom. The second-order valence-electron chi connectivity index (χ2n) is 6.54. The molecule has 0 bridgehead atoms. The number of amides is 1. The van der Waals surface area contributed by atoms with E-state index in [9.17, 15) is 4.79 Å². The van der Waals surface area contributed by atoms with Crippen LogP contribution in [-0.4, -0.2) is 40.6 Å². The first-order valence-electron chi connectivity index (χ1n) is 9.52. The highest BCUT2D eigenvalue weighted by Gasteiger charge is 2.23. The van der Waals surface area contributed by atoms with Gasteiger partial charge in [0, 0.05) is 24.9 Å². The van der Waals surface area contributed by atoms with Gasteiger partial charge in [-0.15, -0.1) is 0 Å². The Kier molecular flexibility index (Phi) is 8.30. The van der Waals surface area contributed by atoms with E-state index in [4.69, 9.17) is 18.9 Å². The number of benzene rings is 1. The standard InChI is InChI=1S/C21H31NO5/c1-5-6-12-27-21(23)22-11-7-8-16-13-17-15(14-19(16)25-3)9-10-18(24-2)20(17)26-4/h9-10H,5-8,11-14H2,1-4H3,(H,22,23). The van der Waals surface area contributed by atoms with Gasteiger partial charge in [-0.25, -0.2) is 4.79 Å². The van der Waals surface area contributed by atoms with Crippen molar-refractivity contribution < 1.29 is 23.7 Å². The fourth-order valence-electron chi connectivity index (χ4n) is 3.30. The molecule has 1 N–H and O–H groups in total. The largest absolute Gasteiger partial charge is 0.501 e. The van der Waals surface area contributed by atoms with Crippen LogP contribution in [0.5, 0.6) is 11.5 Å². The highest BCUT2D eigenvalue weighted by molar-refractivity contribution is 5.67. The molecule has 0 fully saturated rings. The number of methoxy groups -OCH3 is 3. The molecule has 6 nitrogen and oxygen atoms in total. The fraction of sp³-hybridized carbons (Fsp3) is 0.571. The summed E-state index contributed by atoms with van der Waals surface area (Å²) >= 11 is 0. The molecule has 0 saturated carbocycles. The van der Waals surface area contributed by atoms with E-state index in [1.54, 1.807) is 21.3 Å². The van der Waals surface area contributed by atoms with Gasteiger partial charge >= 0.3 is 6.09 Å². The van der Waals surface area contributed by atoms with Crippen LogP contribution in [0.2, 0.25) is 0 Å². The number of rotatable bonds is 10. The SMILES string of the molecule is CCCCOC(=O)NCCCC1=C(OC)Cc2ccc(OC)c(OC)c2C1. The summed E-state index contributed by atoms with van der Waals surface area (Å²) in [6.07, 6.45) is 4.74. The number of ether oxygens (including phenoxy) is 4. The molecule has 0 heterocycles. The number of fused-ring (bicyclic) bond motifs is 1. The topological polar surface area (TPSA) is 66.0 Å². The number of carbonyl (C=O) groups excluding carboxylic acids is 1. The Morgan fingerprint density at radius 3 is 2.56 bits per heavy atom. The second-order valence-corrected chi connectivity index (χ2v) is 6.54. The molecular formula is C21H31NO5. The van der Waals surface area contributed by atoms with Crippen LogP contribution >= 0.6 is 0 Å². The highest BCUT2D eigenvalue weighted by atomic mass is 16.5. The Bertz CT molecular complexity index is 669. The van der Waals surface area contributed by atoms with Gasteiger partial charge in [0.2, 0.25) is 0 Å². The van der Waals surface area contributed by atoms with Gasteiger partial charge in [-0.3, -0.25) is 0 Å². The van der Waals surface area contributed by atoms with Crippen molar-refractivity contribution in [1.82, 2.24) is 5.32 Å². The minimum Gasteiger partial charge on any atom is -0.501 e. The molecule has 0 atom stereocenters. The molecular weight excluding hydrogens is 346 g/mol. The molecule has 1 aromatic carbocycles. The molecule has 0 aromatic heterocycles. The zero-order chi connectivity index (χ0) is 19.6. The normalized spacial score (nSPS) is 13.0. The van der Waals surface area contributed by atoms with Crippen LogP contribution in [0.3, 0.4) is 0 Å². The zero-order valence-electron chi connectivity index (χ0n) is 16.9. The van der Waals surface area contributed by atoms with Crippen molar-refractivity contribution >= 4 is 6.09 Å². The third-order valence-corrected chi connectivity index (χ3v) is 4.78. The monoisotopic (exact) mass is 377 g/mol. The highest BCUT2D eigenvalue weighted by Crippen LogP contribution is 2.39. The maximum absolute atomic E-state index is 11.6. The lowest BCUT2D eigenvalue weighted by Gasteiger charge is -2.25. The average molecular weight is 377 g/mol. The van der Waals surface area contributed by atoms with E-state index in [2.05, 4.69) is 18.3 Å². The van der Waals surface area contributed by atoms with Crippen LogP contribution in [-0.2, 0) is 22.3 Å². The summed E-state index contributed by atoms with van der Waals surface area (Å²) in [4.78, 5) is 11.6. The number of hydrogen-bond donors (Lipinski definition) is 1. The van der Waals surface area contributed by atoms with Gasteiger partial charge in [-0.2, -0.15) is 0 Å². The Morgan fingerprint density at radius 1 is 1.07 bits per heavy atom. The van der Waals surface area contributed by atoms with E-state index >= 15 is 0 Å². The molecule has 0 unspecified atom stereocenters. The van der Waals surface area contributed by atoms with Crippen molar-refractivity contribution in [1.29, 1.82) is 0 Å². The molecule has 150 valence electrons. The summed E-state index contributed by atoms with van der Waals surface area (Å²) in [6, 6.07) is 4.00. The van der Waals surface area contributed by atoms with Crippen molar-refractivity contribution in [3.8, 4) is 11.5 Å². The fourth-order valence-corrected chi connectivity index (χ4v) is 3.30. The summed E-state index contributed by atoms with van der Waals surface area (Å²) in [5, 5.41) is 2.80. The predicted molar refractivity (Wildman–Crippen MR) is 104 cm³/mol. The number of alkyl carbamates (subject to hydrolysis) is 1. The molecule has 1 aliphatic carbocycles. The van der Waals surface area contributed by atoms with E-state index in [0.29, 0.717) is 13.2 Å². The van der Waals surface area contributed by atoms with Crippen molar-refractivity contribution in [2.45, 2.75) is 45.4 Å². The summed E-state index contributed by atoms with van der Waals surface area (Å²) in [5.74, 6) is 2.54. The molecule has 1 aliphatic rings. The van der Waals surface area contributed by atoms with Crippen LogP contribution in [0.15, 0.2) is 23.5 Å². The van der Waals surface area contributed by atoms with Crippen LogP contribution in [0.25, 0.3) is 0 Å². The smallest absolute Gasteiger partial charge is 0.407 e. The lowest BCUT2D eigenvalue weighted by molar-refractivity contribution is 0.144. The van der Waals surface area contributed by atoms with E-state index in [-0.39, 0.29) is 6.09 Å². The van der Waals surface area contributed by atoms with E-state index in [1.165, 1.54) is 11.1 Å². The molecule has 1 aromatic rings. The summed E-state index contributed by atoms with van der Waals surface area (Å²) < 4.78 is 21.7. The quantitative estimate of drug-likeness (QED) is 0.624. The minimum atomic E-state index is -0.343. The first-order chi connectivity index (χ1) is 13.1. The van der Waals surface area contributed by atoms with E-state index in [1.807, 2.05) is 6.07 Å². The molecule has 0 radical (unpaired) electrons. The maximum atomic E-state index is 11.6. The van der Waals surface area contributed by atoms with Crippen LogP contribution in [0, 0.1) is 0 Å². The van der Waals surface area contributed by atoms with Gasteiger partial charge in [0.25, 0.3) is 0 Å². The van der Waals surface area contributed by atoms with Gasteiger partial charge in [0.15, 0.2) is 11.5 Å². The Balaban J connectivity index is 1.95. The second kappa shape index (κ2) is 10.7. The summed E-state index contributed by atoms with van der Waals surface area (Å²) in [5.41, 5.74) is 3.59. The molecule has 0 spiro atoms. The average Bonchev–Trinajstić information content (AvgIpc) is 2.69. The van der Waals surface area contributed by atoms with Gasteiger partial charge in [0.05, 0.1) is 33.7 Å². The molecule has 1 amide bonds. The van der Waals surface area contributed by atoms with Gasteiger partial charge in [0.1, 0.15) is 0 Å². The first kappa shape index (κ1) is 20.9. The zero-order valence-corrected chi connectivity index (χ0v) is 16.9. The number of carbonyl (C=O) groups is 1. The van der Waals surface area contributed by atoms with Crippen LogP contribution < -0.4 is 14.8 Å². The molecule has 0 aliphatic heterocycles. The van der Waals surface area contributed by atoms with Gasteiger partial charge in [-0.05, 0) is 36.5 Å². The van der Waals surface area contributed by atoms with Crippen molar-refractivity contribution in [3.05, 3.63) is 34.6 Å². The summed E-state index contributed by atoms with van der Waals surface area (Å²) in [7, 11) is 5.03. The molecule has 2 rings (SSSR count). The van der Waals surface area contributed by atoms with Gasteiger partial charge < -0.3 is 24.3 Å². The summed E-state index contributed by atoms with van der Waals surface area (Å²) in [6.45, 7) is 3.11. The minimum absolute atomic E-state index is 0.343. The Labute approximate surface area is 161 Å².